The second-order valence-corrected chi connectivity index (χ2v) is 9.60. The van der Waals surface area contributed by atoms with E-state index in [4.69, 9.17) is 9.47 Å². The maximum absolute atomic E-state index is 12.9. The number of ether oxygens (including phenoxy) is 2. The number of pyridine rings is 2. The first-order valence-electron chi connectivity index (χ1n) is 12.2. The van der Waals surface area contributed by atoms with Crippen LogP contribution in [0.5, 0.6) is 5.75 Å². The van der Waals surface area contributed by atoms with Crippen molar-refractivity contribution >= 4 is 11.9 Å². The number of halogens is 2. The minimum Gasteiger partial charge on any atom is -0.450 e. The summed E-state index contributed by atoms with van der Waals surface area (Å²) in [5.74, 6) is 0.850. The lowest BCUT2D eigenvalue weighted by Gasteiger charge is -2.48. The SMILES string of the molecule is CCOC(=O)N1CC2(CC[C@@H](N3CCN(c4ncccc4-c4cnccc4OC(F)F)CC3)C2)C1. The third-order valence-electron chi connectivity index (χ3n) is 7.46. The van der Waals surface area contributed by atoms with Gasteiger partial charge < -0.3 is 19.3 Å². The molecule has 2 aromatic heterocycles. The second-order valence-electron chi connectivity index (χ2n) is 9.60. The summed E-state index contributed by atoms with van der Waals surface area (Å²) < 4.78 is 35.8. The molecule has 188 valence electrons. The van der Waals surface area contributed by atoms with Gasteiger partial charge in [0, 0.05) is 80.4 Å². The number of nitrogens with zero attached hydrogens (tertiary/aromatic N) is 5. The third-order valence-corrected chi connectivity index (χ3v) is 7.46. The van der Waals surface area contributed by atoms with Gasteiger partial charge in [0.15, 0.2) is 0 Å². The number of rotatable bonds is 6. The summed E-state index contributed by atoms with van der Waals surface area (Å²) in [6, 6.07) is 5.64. The van der Waals surface area contributed by atoms with Crippen LogP contribution in [0.25, 0.3) is 11.1 Å². The highest BCUT2D eigenvalue weighted by atomic mass is 19.3. The van der Waals surface area contributed by atoms with Crippen LogP contribution in [0.4, 0.5) is 19.4 Å². The van der Waals surface area contributed by atoms with E-state index in [1.165, 1.54) is 12.3 Å². The van der Waals surface area contributed by atoms with Crippen molar-refractivity contribution in [3.05, 3.63) is 36.8 Å². The van der Waals surface area contributed by atoms with E-state index in [1.54, 1.807) is 18.5 Å². The van der Waals surface area contributed by atoms with Crippen LogP contribution in [0.2, 0.25) is 0 Å². The Bertz CT molecular complexity index is 1040. The number of amides is 1. The number of alkyl halides is 2. The molecule has 1 aliphatic carbocycles. The highest BCUT2D eigenvalue weighted by Crippen LogP contribution is 2.47. The first kappa shape index (κ1) is 23.7. The predicted octanol–water partition coefficient (Wildman–Crippen LogP) is 3.88. The molecule has 0 bridgehead atoms. The first-order chi connectivity index (χ1) is 17.0. The van der Waals surface area contributed by atoms with Crippen LogP contribution in [0, 0.1) is 5.41 Å². The molecule has 3 aliphatic rings. The second kappa shape index (κ2) is 9.93. The monoisotopic (exact) mass is 487 g/mol. The van der Waals surface area contributed by atoms with E-state index in [2.05, 4.69) is 19.8 Å². The van der Waals surface area contributed by atoms with E-state index in [0.29, 0.717) is 18.2 Å². The Balaban J connectivity index is 1.22. The van der Waals surface area contributed by atoms with Crippen LogP contribution in [-0.2, 0) is 4.74 Å². The zero-order valence-corrected chi connectivity index (χ0v) is 19.9. The molecule has 0 unspecified atom stereocenters. The minimum absolute atomic E-state index is 0.0940. The van der Waals surface area contributed by atoms with Gasteiger partial charge in [0.2, 0.25) is 0 Å². The average Bonchev–Trinajstić information content (AvgIpc) is 3.30. The number of hydrogen-bond donors (Lipinski definition) is 0. The fraction of sp³-hybridized carbons (Fsp3) is 0.560. The fourth-order valence-corrected chi connectivity index (χ4v) is 5.82. The zero-order valence-electron chi connectivity index (χ0n) is 19.9. The number of anilines is 1. The number of piperazine rings is 1. The van der Waals surface area contributed by atoms with Gasteiger partial charge in [-0.1, -0.05) is 0 Å². The summed E-state index contributed by atoms with van der Waals surface area (Å²) in [7, 11) is 0. The van der Waals surface area contributed by atoms with E-state index >= 15 is 0 Å². The quantitative estimate of drug-likeness (QED) is 0.613. The van der Waals surface area contributed by atoms with E-state index in [1.807, 2.05) is 17.9 Å². The van der Waals surface area contributed by atoms with Crippen molar-refractivity contribution in [2.75, 3.05) is 50.8 Å². The number of hydrogen-bond acceptors (Lipinski definition) is 7. The van der Waals surface area contributed by atoms with E-state index in [-0.39, 0.29) is 17.3 Å². The number of carbonyl (C=O) groups excluding carboxylic acids is 1. The Morgan fingerprint density at radius 3 is 2.71 bits per heavy atom. The van der Waals surface area contributed by atoms with Gasteiger partial charge in [0.05, 0.1) is 6.61 Å². The average molecular weight is 488 g/mol. The molecule has 1 spiro atoms. The van der Waals surface area contributed by atoms with Gasteiger partial charge in [0.1, 0.15) is 11.6 Å². The molecule has 1 saturated carbocycles. The summed E-state index contributed by atoms with van der Waals surface area (Å²) >= 11 is 0. The summed E-state index contributed by atoms with van der Waals surface area (Å²) in [6.07, 6.45) is 7.92. The Hall–Kier alpha value is -3.01. The van der Waals surface area contributed by atoms with Crippen molar-refractivity contribution in [3.8, 4) is 16.9 Å². The lowest BCUT2D eigenvalue weighted by Crippen LogP contribution is -2.58. The van der Waals surface area contributed by atoms with E-state index in [9.17, 15) is 13.6 Å². The van der Waals surface area contributed by atoms with Crippen LogP contribution in [0.3, 0.4) is 0 Å². The Labute approximate surface area is 203 Å². The van der Waals surface area contributed by atoms with Crippen molar-refractivity contribution < 1.29 is 23.0 Å². The lowest BCUT2D eigenvalue weighted by molar-refractivity contribution is -0.0495. The van der Waals surface area contributed by atoms with Crippen LogP contribution < -0.4 is 9.64 Å². The van der Waals surface area contributed by atoms with E-state index in [0.717, 1.165) is 69.9 Å². The molecule has 1 amide bonds. The van der Waals surface area contributed by atoms with Gasteiger partial charge in [-0.3, -0.25) is 9.88 Å². The fourth-order valence-electron chi connectivity index (χ4n) is 5.82. The zero-order chi connectivity index (χ0) is 24.4. The van der Waals surface area contributed by atoms with Crippen molar-refractivity contribution in [2.45, 2.75) is 38.8 Å². The van der Waals surface area contributed by atoms with Crippen molar-refractivity contribution in [1.29, 1.82) is 0 Å². The van der Waals surface area contributed by atoms with Gasteiger partial charge in [-0.2, -0.15) is 8.78 Å². The van der Waals surface area contributed by atoms with Crippen LogP contribution >= 0.6 is 0 Å². The summed E-state index contributed by atoms with van der Waals surface area (Å²) in [6.45, 7) is 4.35. The number of aromatic nitrogens is 2. The van der Waals surface area contributed by atoms with Crippen LogP contribution in [0.15, 0.2) is 36.8 Å². The Morgan fingerprint density at radius 2 is 1.97 bits per heavy atom. The Morgan fingerprint density at radius 1 is 1.17 bits per heavy atom. The van der Waals surface area contributed by atoms with Gasteiger partial charge in [-0.25, -0.2) is 9.78 Å². The standard InChI is InChI=1S/C25H31F2N5O3/c1-2-34-24(33)32-16-25(17-32)7-5-18(14-25)30-10-12-31(13-11-30)22-19(4-3-8-29-22)20-15-28-9-6-21(20)35-23(26)27/h3-4,6,8-9,15,18,23H,2,5,7,10-14,16-17H2,1H3/t18-/m1/s1. The Kier molecular flexibility index (Phi) is 6.73. The molecule has 2 aromatic rings. The molecular formula is C25H31F2N5O3. The van der Waals surface area contributed by atoms with Gasteiger partial charge >= 0.3 is 12.7 Å². The highest BCUT2D eigenvalue weighted by molar-refractivity contribution is 5.79. The molecule has 0 N–H and O–H groups in total. The van der Waals surface area contributed by atoms with Gasteiger partial charge in [0.25, 0.3) is 0 Å². The molecular weight excluding hydrogens is 456 g/mol. The minimum atomic E-state index is -2.91. The topological polar surface area (TPSA) is 71.0 Å². The largest absolute Gasteiger partial charge is 0.450 e. The molecule has 0 aromatic carbocycles. The maximum atomic E-state index is 12.9. The van der Waals surface area contributed by atoms with Gasteiger partial charge in [-0.15, -0.1) is 0 Å². The summed E-state index contributed by atoms with van der Waals surface area (Å²) in [5.41, 5.74) is 1.48. The molecule has 10 heteroatoms. The van der Waals surface area contributed by atoms with Crippen molar-refractivity contribution in [1.82, 2.24) is 19.8 Å². The molecule has 2 aliphatic heterocycles. The molecule has 35 heavy (non-hydrogen) atoms. The molecule has 4 heterocycles. The smallest absolute Gasteiger partial charge is 0.409 e. The summed E-state index contributed by atoms with van der Waals surface area (Å²) in [5, 5.41) is 0. The normalized spacial score (nSPS) is 21.9. The molecule has 8 nitrogen and oxygen atoms in total. The van der Waals surface area contributed by atoms with E-state index < -0.39 is 6.61 Å². The van der Waals surface area contributed by atoms with Crippen molar-refractivity contribution in [2.24, 2.45) is 5.41 Å². The highest BCUT2D eigenvalue weighted by Gasteiger charge is 2.51. The van der Waals surface area contributed by atoms with Crippen molar-refractivity contribution in [3.63, 3.8) is 0 Å². The molecule has 0 radical (unpaired) electrons. The summed E-state index contributed by atoms with van der Waals surface area (Å²) in [4.78, 5) is 27.2. The van der Waals surface area contributed by atoms with Crippen LogP contribution in [-0.4, -0.2) is 84.4 Å². The van der Waals surface area contributed by atoms with Crippen LogP contribution in [0.1, 0.15) is 26.2 Å². The maximum Gasteiger partial charge on any atom is 0.409 e. The van der Waals surface area contributed by atoms with Gasteiger partial charge in [-0.05, 0) is 44.4 Å². The third kappa shape index (κ3) is 4.89. The lowest BCUT2D eigenvalue weighted by atomic mass is 9.78. The number of likely N-dealkylation sites (tertiary alicyclic amines) is 1. The molecule has 3 fully saturated rings. The first-order valence-corrected chi connectivity index (χ1v) is 12.2. The predicted molar refractivity (Wildman–Crippen MR) is 127 cm³/mol. The molecule has 5 rings (SSSR count). The number of carbonyl (C=O) groups is 1. The molecule has 1 atom stereocenters. The molecule has 2 saturated heterocycles.